The van der Waals surface area contributed by atoms with Crippen LogP contribution in [0.4, 0.5) is 0 Å². The van der Waals surface area contributed by atoms with Crippen LogP contribution < -0.4 is 5.73 Å². The molecule has 0 aromatic carbocycles. The first-order valence-electron chi connectivity index (χ1n) is 8.98. The maximum atomic E-state index is 12.7. The van der Waals surface area contributed by atoms with Crippen LogP contribution in [0.1, 0.15) is 64.7 Å². The van der Waals surface area contributed by atoms with Crippen LogP contribution in [0.15, 0.2) is 0 Å². The molecule has 0 spiro atoms. The molecule has 1 unspecified atom stereocenters. The lowest BCUT2D eigenvalue weighted by atomic mass is 10.0. The van der Waals surface area contributed by atoms with Gasteiger partial charge in [-0.15, -0.1) is 0 Å². The molecule has 1 saturated heterocycles. The van der Waals surface area contributed by atoms with E-state index in [-0.39, 0.29) is 6.04 Å². The summed E-state index contributed by atoms with van der Waals surface area (Å²) < 4.78 is 0. The first kappa shape index (κ1) is 16.8. The Bertz CT molecular complexity index is 307. The lowest BCUT2D eigenvalue weighted by Gasteiger charge is -2.37. The van der Waals surface area contributed by atoms with E-state index in [1.54, 1.807) is 0 Å². The number of carbonyl (C=O) groups is 1. The quantitative estimate of drug-likeness (QED) is 0.765. The van der Waals surface area contributed by atoms with Crippen LogP contribution in [0.25, 0.3) is 0 Å². The average Bonchev–Trinajstić information content (AvgIpc) is 2.90. The molecule has 2 N–H and O–H groups in total. The molecular formula is C17H33N3O. The number of rotatable bonds is 6. The summed E-state index contributed by atoms with van der Waals surface area (Å²) in [7, 11) is 0. The molecular weight excluding hydrogens is 262 g/mol. The zero-order valence-electron chi connectivity index (χ0n) is 13.7. The summed E-state index contributed by atoms with van der Waals surface area (Å²) >= 11 is 0. The standard InChI is InChI=1S/C17H33N3O/c1-15(17(21)19-12-6-7-13-19)20(14-8-11-18)16-9-4-2-3-5-10-16/h15-16H,2-14,18H2,1H3. The molecule has 1 aliphatic carbocycles. The van der Waals surface area contributed by atoms with Gasteiger partial charge in [0.25, 0.3) is 0 Å². The Labute approximate surface area is 130 Å². The van der Waals surface area contributed by atoms with E-state index in [2.05, 4.69) is 16.7 Å². The minimum Gasteiger partial charge on any atom is -0.341 e. The minimum atomic E-state index is 0.0257. The van der Waals surface area contributed by atoms with Crippen molar-refractivity contribution >= 4 is 5.91 Å². The van der Waals surface area contributed by atoms with Crippen LogP contribution in [0.3, 0.4) is 0 Å². The van der Waals surface area contributed by atoms with Gasteiger partial charge in [0.05, 0.1) is 6.04 Å². The largest absolute Gasteiger partial charge is 0.341 e. The first-order valence-corrected chi connectivity index (χ1v) is 8.98. The van der Waals surface area contributed by atoms with Gasteiger partial charge in [-0.05, 0) is 45.6 Å². The van der Waals surface area contributed by atoms with Crippen molar-refractivity contribution in [3.05, 3.63) is 0 Å². The molecule has 1 atom stereocenters. The Morgan fingerprint density at radius 2 is 1.76 bits per heavy atom. The second kappa shape index (κ2) is 8.74. The van der Waals surface area contributed by atoms with Crippen molar-refractivity contribution in [3.8, 4) is 0 Å². The highest BCUT2D eigenvalue weighted by Gasteiger charge is 2.31. The van der Waals surface area contributed by atoms with Crippen LogP contribution in [0.2, 0.25) is 0 Å². The second-order valence-corrected chi connectivity index (χ2v) is 6.73. The number of nitrogens with zero attached hydrogens (tertiary/aromatic N) is 2. The molecule has 1 amide bonds. The van der Waals surface area contributed by atoms with Gasteiger partial charge in [-0.25, -0.2) is 0 Å². The molecule has 0 radical (unpaired) electrons. The summed E-state index contributed by atoms with van der Waals surface area (Å²) in [4.78, 5) is 17.3. The van der Waals surface area contributed by atoms with E-state index >= 15 is 0 Å². The van der Waals surface area contributed by atoms with Gasteiger partial charge >= 0.3 is 0 Å². The molecule has 2 fully saturated rings. The lowest BCUT2D eigenvalue weighted by molar-refractivity contribution is -0.136. The summed E-state index contributed by atoms with van der Waals surface area (Å²) in [5.41, 5.74) is 5.71. The van der Waals surface area contributed by atoms with Gasteiger partial charge in [0, 0.05) is 25.7 Å². The van der Waals surface area contributed by atoms with E-state index in [1.807, 2.05) is 0 Å². The summed E-state index contributed by atoms with van der Waals surface area (Å²) in [5, 5.41) is 0. The fourth-order valence-electron chi connectivity index (χ4n) is 3.90. The van der Waals surface area contributed by atoms with Crippen LogP contribution >= 0.6 is 0 Å². The zero-order chi connectivity index (χ0) is 15.1. The molecule has 122 valence electrons. The summed E-state index contributed by atoms with van der Waals surface area (Å²) in [5.74, 6) is 0.341. The van der Waals surface area contributed by atoms with Crippen LogP contribution in [-0.2, 0) is 4.79 Å². The number of hydrogen-bond acceptors (Lipinski definition) is 3. The van der Waals surface area contributed by atoms with Crippen molar-refractivity contribution in [1.29, 1.82) is 0 Å². The minimum absolute atomic E-state index is 0.0257. The molecule has 0 bridgehead atoms. The molecule has 2 aliphatic rings. The van der Waals surface area contributed by atoms with Crippen molar-refractivity contribution < 1.29 is 4.79 Å². The van der Waals surface area contributed by atoms with E-state index < -0.39 is 0 Å². The average molecular weight is 295 g/mol. The Morgan fingerprint density at radius 3 is 2.33 bits per heavy atom. The summed E-state index contributed by atoms with van der Waals surface area (Å²) in [6, 6.07) is 0.610. The molecule has 4 nitrogen and oxygen atoms in total. The predicted molar refractivity (Wildman–Crippen MR) is 87.1 cm³/mol. The van der Waals surface area contributed by atoms with Crippen LogP contribution in [0, 0.1) is 0 Å². The van der Waals surface area contributed by atoms with Crippen LogP contribution in [-0.4, -0.2) is 54.0 Å². The number of amides is 1. The van der Waals surface area contributed by atoms with Crippen LogP contribution in [0.5, 0.6) is 0 Å². The van der Waals surface area contributed by atoms with Gasteiger partial charge in [-0.2, -0.15) is 0 Å². The third-order valence-corrected chi connectivity index (χ3v) is 5.19. The maximum Gasteiger partial charge on any atom is 0.239 e. The normalized spacial score (nSPS) is 22.5. The smallest absolute Gasteiger partial charge is 0.239 e. The molecule has 21 heavy (non-hydrogen) atoms. The number of hydrogen-bond donors (Lipinski definition) is 1. The van der Waals surface area contributed by atoms with Gasteiger partial charge in [0.15, 0.2) is 0 Å². The van der Waals surface area contributed by atoms with E-state index in [0.29, 0.717) is 18.5 Å². The SMILES string of the molecule is CC(C(=O)N1CCCC1)N(CCCN)C1CCCCCC1. The Balaban J connectivity index is 2.00. The van der Waals surface area contributed by atoms with Gasteiger partial charge in [0.1, 0.15) is 0 Å². The van der Waals surface area contributed by atoms with Gasteiger partial charge in [-0.3, -0.25) is 9.69 Å². The Hall–Kier alpha value is -0.610. The summed E-state index contributed by atoms with van der Waals surface area (Å²) in [6.07, 6.45) is 11.2. The Morgan fingerprint density at radius 1 is 1.14 bits per heavy atom. The molecule has 1 saturated carbocycles. The predicted octanol–water partition coefficient (Wildman–Crippen LogP) is 2.37. The van der Waals surface area contributed by atoms with Gasteiger partial charge < -0.3 is 10.6 Å². The topological polar surface area (TPSA) is 49.6 Å². The van der Waals surface area contributed by atoms with Gasteiger partial charge in [0.2, 0.25) is 5.91 Å². The second-order valence-electron chi connectivity index (χ2n) is 6.73. The summed E-state index contributed by atoms with van der Waals surface area (Å²) in [6.45, 7) is 5.72. The third-order valence-electron chi connectivity index (χ3n) is 5.19. The Kier molecular flexibility index (Phi) is 6.97. The molecule has 2 rings (SSSR count). The molecule has 0 aromatic rings. The molecule has 4 heteroatoms. The molecule has 0 aromatic heterocycles. The number of likely N-dealkylation sites (tertiary alicyclic amines) is 1. The lowest BCUT2D eigenvalue weighted by Crippen LogP contribution is -2.51. The van der Waals surface area contributed by atoms with Gasteiger partial charge in [-0.1, -0.05) is 25.7 Å². The van der Waals surface area contributed by atoms with E-state index in [9.17, 15) is 4.79 Å². The van der Waals surface area contributed by atoms with Crippen molar-refractivity contribution in [1.82, 2.24) is 9.80 Å². The number of carbonyl (C=O) groups excluding carboxylic acids is 1. The zero-order valence-corrected chi connectivity index (χ0v) is 13.7. The van der Waals surface area contributed by atoms with Crippen molar-refractivity contribution in [3.63, 3.8) is 0 Å². The first-order chi connectivity index (χ1) is 10.2. The number of nitrogens with two attached hydrogens (primary N) is 1. The van der Waals surface area contributed by atoms with Crippen molar-refractivity contribution in [2.24, 2.45) is 5.73 Å². The monoisotopic (exact) mass is 295 g/mol. The van der Waals surface area contributed by atoms with Crippen molar-refractivity contribution in [2.45, 2.75) is 76.8 Å². The van der Waals surface area contributed by atoms with E-state index in [0.717, 1.165) is 26.1 Å². The highest BCUT2D eigenvalue weighted by atomic mass is 16.2. The third kappa shape index (κ3) is 4.68. The van der Waals surface area contributed by atoms with E-state index in [4.69, 9.17) is 5.73 Å². The molecule has 1 aliphatic heterocycles. The fraction of sp³-hybridized carbons (Fsp3) is 0.941. The molecule has 1 heterocycles. The van der Waals surface area contributed by atoms with E-state index in [1.165, 1.54) is 51.4 Å². The highest BCUT2D eigenvalue weighted by molar-refractivity contribution is 5.81. The highest BCUT2D eigenvalue weighted by Crippen LogP contribution is 2.25. The fourth-order valence-corrected chi connectivity index (χ4v) is 3.90. The maximum absolute atomic E-state index is 12.7. The van der Waals surface area contributed by atoms with Crippen molar-refractivity contribution in [2.75, 3.05) is 26.2 Å².